The average molecular weight is 248 g/mol. The van der Waals surface area contributed by atoms with Gasteiger partial charge in [-0.05, 0) is 17.7 Å². The lowest BCUT2D eigenvalue weighted by Gasteiger charge is -2.06. The Balaban J connectivity index is 2.02. The van der Waals surface area contributed by atoms with Gasteiger partial charge in [-0.15, -0.1) is 0 Å². The maximum atomic E-state index is 2.29. The minimum atomic E-state index is -0.372. The van der Waals surface area contributed by atoms with Crippen LogP contribution in [0.25, 0.3) is 10.8 Å². The van der Waals surface area contributed by atoms with E-state index >= 15 is 0 Å². The van der Waals surface area contributed by atoms with Crippen molar-refractivity contribution in [1.82, 2.24) is 0 Å². The third-order valence-electron chi connectivity index (χ3n) is 3.40. The summed E-state index contributed by atoms with van der Waals surface area (Å²) in [7, 11) is -0.372. The predicted molar refractivity (Wildman–Crippen MR) is 82.9 cm³/mol. The van der Waals surface area contributed by atoms with Crippen LogP contribution >= 0.6 is 0 Å². The maximum absolute atomic E-state index is 2.29. The second kappa shape index (κ2) is 4.79. The molecule has 0 amide bonds. The zero-order valence-corrected chi connectivity index (χ0v) is 12.0. The van der Waals surface area contributed by atoms with Crippen LogP contribution in [0.15, 0.2) is 66.7 Å². The molecule has 18 heavy (non-hydrogen) atoms. The first kappa shape index (κ1) is 11.2. The first-order valence-electron chi connectivity index (χ1n) is 6.35. The van der Waals surface area contributed by atoms with E-state index in [0.29, 0.717) is 0 Å². The van der Waals surface area contributed by atoms with E-state index in [1.807, 2.05) is 0 Å². The standard InChI is InChI=1S/C17H16Si/c1-13-9-11-15(12-10-13)18-17-8-4-6-14-5-2-3-7-16(14)17/h2-12H,18H2,1H3. The van der Waals surface area contributed by atoms with E-state index in [1.165, 1.54) is 26.7 Å². The zero-order valence-electron chi connectivity index (χ0n) is 10.6. The second-order valence-corrected chi connectivity index (χ2v) is 6.73. The number of rotatable bonds is 2. The van der Waals surface area contributed by atoms with E-state index in [-0.39, 0.29) is 9.52 Å². The lowest BCUT2D eigenvalue weighted by molar-refractivity contribution is 1.49. The van der Waals surface area contributed by atoms with Gasteiger partial charge in [0.1, 0.15) is 0 Å². The Hall–Kier alpha value is -1.86. The third kappa shape index (κ3) is 2.22. The monoisotopic (exact) mass is 248 g/mol. The molecule has 0 bridgehead atoms. The molecule has 0 spiro atoms. The Kier molecular flexibility index (Phi) is 2.99. The molecule has 0 aromatic heterocycles. The first-order chi connectivity index (χ1) is 8.83. The normalized spacial score (nSPS) is 11.4. The summed E-state index contributed by atoms with van der Waals surface area (Å²) in [5, 5.41) is 5.83. The predicted octanol–water partition coefficient (Wildman–Crippen LogP) is 2.27. The molecule has 0 aliphatic heterocycles. The largest absolute Gasteiger partial charge is 0.0883 e. The van der Waals surface area contributed by atoms with Gasteiger partial charge in [0.2, 0.25) is 0 Å². The highest BCUT2D eigenvalue weighted by molar-refractivity contribution is 6.69. The second-order valence-electron chi connectivity index (χ2n) is 4.80. The van der Waals surface area contributed by atoms with Crippen molar-refractivity contribution >= 4 is 30.7 Å². The van der Waals surface area contributed by atoms with Gasteiger partial charge in [-0.25, -0.2) is 0 Å². The Morgan fingerprint density at radius 3 is 2.28 bits per heavy atom. The van der Waals surface area contributed by atoms with Gasteiger partial charge in [0, 0.05) is 0 Å². The molecule has 0 nitrogen and oxygen atoms in total. The fourth-order valence-corrected chi connectivity index (χ4v) is 4.05. The van der Waals surface area contributed by atoms with Crippen LogP contribution in [0.1, 0.15) is 5.56 Å². The van der Waals surface area contributed by atoms with Gasteiger partial charge >= 0.3 is 0 Å². The van der Waals surface area contributed by atoms with Crippen LogP contribution in [0.4, 0.5) is 0 Å². The summed E-state index contributed by atoms with van der Waals surface area (Å²) in [6, 6.07) is 24.3. The van der Waals surface area contributed by atoms with Gasteiger partial charge in [-0.2, -0.15) is 0 Å². The number of aryl methyl sites for hydroxylation is 1. The van der Waals surface area contributed by atoms with Crippen molar-refractivity contribution in [2.75, 3.05) is 0 Å². The first-order valence-corrected chi connectivity index (χ1v) is 7.76. The van der Waals surface area contributed by atoms with E-state index < -0.39 is 0 Å². The van der Waals surface area contributed by atoms with Crippen molar-refractivity contribution in [1.29, 1.82) is 0 Å². The van der Waals surface area contributed by atoms with E-state index in [2.05, 4.69) is 73.7 Å². The third-order valence-corrected chi connectivity index (χ3v) is 5.27. The fourth-order valence-electron chi connectivity index (χ4n) is 2.37. The molecule has 3 aromatic carbocycles. The van der Waals surface area contributed by atoms with Crippen LogP contribution in [0.5, 0.6) is 0 Å². The SMILES string of the molecule is Cc1ccc([SiH2]c2cccc3ccccc23)cc1. The number of hydrogen-bond donors (Lipinski definition) is 0. The number of fused-ring (bicyclic) bond motifs is 1. The van der Waals surface area contributed by atoms with Gasteiger partial charge in [-0.3, -0.25) is 0 Å². The molecule has 0 saturated carbocycles. The van der Waals surface area contributed by atoms with Gasteiger partial charge in [0.05, 0.1) is 9.52 Å². The average Bonchev–Trinajstić information content (AvgIpc) is 2.42. The summed E-state index contributed by atoms with van der Waals surface area (Å²) in [5.74, 6) is 0. The van der Waals surface area contributed by atoms with Crippen molar-refractivity contribution in [2.24, 2.45) is 0 Å². The van der Waals surface area contributed by atoms with E-state index in [9.17, 15) is 0 Å². The molecule has 88 valence electrons. The zero-order chi connectivity index (χ0) is 12.4. The minimum absolute atomic E-state index is 0.372. The van der Waals surface area contributed by atoms with Crippen LogP contribution in [0, 0.1) is 6.92 Å². The van der Waals surface area contributed by atoms with Crippen molar-refractivity contribution in [3.63, 3.8) is 0 Å². The molecule has 0 aliphatic rings. The molecule has 3 rings (SSSR count). The highest BCUT2D eigenvalue weighted by Gasteiger charge is 2.02. The molecule has 1 heteroatoms. The lowest BCUT2D eigenvalue weighted by Crippen LogP contribution is -2.27. The topological polar surface area (TPSA) is 0 Å². The van der Waals surface area contributed by atoms with Gasteiger partial charge in [0.25, 0.3) is 0 Å². The maximum Gasteiger partial charge on any atom is 0.0883 e. The van der Waals surface area contributed by atoms with Crippen molar-refractivity contribution in [2.45, 2.75) is 6.92 Å². The molecule has 0 fully saturated rings. The van der Waals surface area contributed by atoms with E-state index in [0.717, 1.165) is 0 Å². The summed E-state index contributed by atoms with van der Waals surface area (Å²) in [4.78, 5) is 0. The van der Waals surface area contributed by atoms with E-state index in [4.69, 9.17) is 0 Å². The van der Waals surface area contributed by atoms with Crippen molar-refractivity contribution in [3.8, 4) is 0 Å². The molecule has 0 heterocycles. The van der Waals surface area contributed by atoms with Crippen LogP contribution in [-0.2, 0) is 0 Å². The number of hydrogen-bond acceptors (Lipinski definition) is 0. The molecular formula is C17H16Si. The van der Waals surface area contributed by atoms with Gasteiger partial charge in [0.15, 0.2) is 0 Å². The summed E-state index contributed by atoms with van der Waals surface area (Å²) in [5.41, 5.74) is 1.34. The molecule has 0 atom stereocenters. The Bertz CT molecular complexity index is 663. The van der Waals surface area contributed by atoms with Gasteiger partial charge in [-0.1, -0.05) is 82.7 Å². The lowest BCUT2D eigenvalue weighted by atomic mass is 10.1. The Labute approximate surface area is 110 Å². The Morgan fingerprint density at radius 2 is 1.44 bits per heavy atom. The molecular weight excluding hydrogens is 232 g/mol. The summed E-state index contributed by atoms with van der Waals surface area (Å²) >= 11 is 0. The number of benzene rings is 3. The van der Waals surface area contributed by atoms with Crippen LogP contribution in [0.3, 0.4) is 0 Å². The molecule has 0 unspecified atom stereocenters. The summed E-state index contributed by atoms with van der Waals surface area (Å²) < 4.78 is 0. The summed E-state index contributed by atoms with van der Waals surface area (Å²) in [6.07, 6.45) is 0. The summed E-state index contributed by atoms with van der Waals surface area (Å²) in [6.45, 7) is 2.14. The minimum Gasteiger partial charge on any atom is -0.0630 e. The fraction of sp³-hybridized carbons (Fsp3) is 0.0588. The molecule has 0 radical (unpaired) electrons. The molecule has 0 aliphatic carbocycles. The van der Waals surface area contributed by atoms with Gasteiger partial charge < -0.3 is 0 Å². The van der Waals surface area contributed by atoms with Crippen molar-refractivity contribution < 1.29 is 0 Å². The Morgan fingerprint density at radius 1 is 0.722 bits per heavy atom. The quantitative estimate of drug-likeness (QED) is 0.610. The van der Waals surface area contributed by atoms with Crippen molar-refractivity contribution in [3.05, 3.63) is 72.3 Å². The molecule has 0 saturated heterocycles. The smallest absolute Gasteiger partial charge is 0.0630 e. The van der Waals surface area contributed by atoms with Crippen LogP contribution < -0.4 is 10.4 Å². The molecule has 0 N–H and O–H groups in total. The molecule has 3 aromatic rings. The van der Waals surface area contributed by atoms with Crippen LogP contribution in [-0.4, -0.2) is 9.52 Å². The highest BCUT2D eigenvalue weighted by atomic mass is 28.2. The van der Waals surface area contributed by atoms with E-state index in [1.54, 1.807) is 0 Å². The highest BCUT2D eigenvalue weighted by Crippen LogP contribution is 2.10. The van der Waals surface area contributed by atoms with Crippen LogP contribution in [0.2, 0.25) is 0 Å².